The molecule has 2 aromatic heterocycles. The Balaban J connectivity index is 1.87. The average molecular weight is 394 g/mol. The Morgan fingerprint density at radius 1 is 1.42 bits per heavy atom. The maximum atomic E-state index is 13.1. The molecule has 0 unspecified atom stereocenters. The van der Waals surface area contributed by atoms with Crippen LogP contribution in [0.1, 0.15) is 50.5 Å². The Hall–Kier alpha value is -1.34. The lowest BCUT2D eigenvalue weighted by Gasteiger charge is -2.17. The van der Waals surface area contributed by atoms with Crippen LogP contribution in [0.2, 0.25) is 0 Å². The smallest absolute Gasteiger partial charge is 0.263 e. The Bertz CT molecular complexity index is 857. The van der Waals surface area contributed by atoms with Gasteiger partial charge in [-0.25, -0.2) is 4.98 Å². The van der Waals surface area contributed by atoms with Gasteiger partial charge in [-0.15, -0.1) is 11.3 Å². The second-order valence-electron chi connectivity index (χ2n) is 6.97. The van der Waals surface area contributed by atoms with Gasteiger partial charge in [0.15, 0.2) is 5.16 Å². The van der Waals surface area contributed by atoms with Gasteiger partial charge in [-0.1, -0.05) is 32.0 Å². The summed E-state index contributed by atoms with van der Waals surface area (Å²) in [5, 5.41) is 4.39. The number of thioether (sulfide) groups is 1. The summed E-state index contributed by atoms with van der Waals surface area (Å²) < 4.78 is 1.72. The van der Waals surface area contributed by atoms with Crippen molar-refractivity contribution in [2.75, 3.05) is 12.3 Å². The zero-order chi connectivity index (χ0) is 18.7. The summed E-state index contributed by atoms with van der Waals surface area (Å²) in [6, 6.07) is 0. The lowest BCUT2D eigenvalue weighted by atomic mass is 9.89. The van der Waals surface area contributed by atoms with E-state index < -0.39 is 0 Å². The summed E-state index contributed by atoms with van der Waals surface area (Å²) in [6.07, 6.45) is 5.20. The van der Waals surface area contributed by atoms with Crippen molar-refractivity contribution in [1.29, 1.82) is 0 Å². The molecule has 1 atom stereocenters. The van der Waals surface area contributed by atoms with Gasteiger partial charge in [0.1, 0.15) is 4.83 Å². The third kappa shape index (κ3) is 3.98. The predicted octanol–water partition coefficient (Wildman–Crippen LogP) is 3.61. The fraction of sp³-hybridized carbons (Fsp3) is 0.632. The molecule has 2 aromatic rings. The van der Waals surface area contributed by atoms with E-state index in [4.69, 9.17) is 4.98 Å². The summed E-state index contributed by atoms with van der Waals surface area (Å²) in [5.74, 6) is 0.966. The van der Waals surface area contributed by atoms with Crippen molar-refractivity contribution in [3.8, 4) is 0 Å². The van der Waals surface area contributed by atoms with E-state index in [1.807, 2.05) is 6.92 Å². The van der Waals surface area contributed by atoms with E-state index in [0.717, 1.165) is 42.3 Å². The van der Waals surface area contributed by atoms with E-state index in [-0.39, 0.29) is 11.5 Å². The SMILES string of the molecule is CCCCNC(=O)CSc1nc2sc3c(c2c(=O)n1CC)CC[C@@H](C)C3. The topological polar surface area (TPSA) is 64.0 Å². The van der Waals surface area contributed by atoms with E-state index in [0.29, 0.717) is 29.9 Å². The molecule has 0 fully saturated rings. The van der Waals surface area contributed by atoms with Crippen LogP contribution < -0.4 is 10.9 Å². The third-order valence-corrected chi connectivity index (χ3v) is 7.01. The lowest BCUT2D eigenvalue weighted by molar-refractivity contribution is -0.118. The van der Waals surface area contributed by atoms with Crippen LogP contribution in [0, 0.1) is 5.92 Å². The van der Waals surface area contributed by atoms with Gasteiger partial charge in [0.2, 0.25) is 5.91 Å². The molecule has 0 aliphatic heterocycles. The van der Waals surface area contributed by atoms with Crippen LogP contribution in [0.3, 0.4) is 0 Å². The maximum absolute atomic E-state index is 13.1. The largest absolute Gasteiger partial charge is 0.355 e. The first-order chi connectivity index (χ1) is 12.5. The van der Waals surface area contributed by atoms with Crippen LogP contribution in [0.25, 0.3) is 10.2 Å². The van der Waals surface area contributed by atoms with Crippen molar-refractivity contribution in [2.45, 2.75) is 64.6 Å². The molecule has 0 aromatic carbocycles. The summed E-state index contributed by atoms with van der Waals surface area (Å²) in [6.45, 7) is 7.60. The van der Waals surface area contributed by atoms with Crippen LogP contribution in [-0.4, -0.2) is 27.8 Å². The molecule has 0 spiro atoms. The summed E-state index contributed by atoms with van der Waals surface area (Å²) in [4.78, 5) is 32.0. The van der Waals surface area contributed by atoms with Crippen molar-refractivity contribution in [1.82, 2.24) is 14.9 Å². The summed E-state index contributed by atoms with van der Waals surface area (Å²) in [5.41, 5.74) is 1.27. The van der Waals surface area contributed by atoms with Gasteiger partial charge in [0, 0.05) is 18.0 Å². The molecule has 1 N–H and O–H groups in total. The van der Waals surface area contributed by atoms with E-state index in [9.17, 15) is 9.59 Å². The number of carbonyl (C=O) groups excluding carboxylic acids is 1. The minimum atomic E-state index is -0.000234. The number of rotatable bonds is 7. The normalized spacial score (nSPS) is 16.7. The Labute approximate surface area is 162 Å². The second-order valence-corrected chi connectivity index (χ2v) is 8.99. The molecule has 0 saturated carbocycles. The molecule has 3 rings (SSSR count). The van der Waals surface area contributed by atoms with Gasteiger partial charge in [-0.2, -0.15) is 0 Å². The van der Waals surface area contributed by atoms with E-state index in [1.165, 1.54) is 22.2 Å². The molecule has 0 bridgehead atoms. The number of fused-ring (bicyclic) bond motifs is 3. The zero-order valence-electron chi connectivity index (χ0n) is 15.8. The van der Waals surface area contributed by atoms with Gasteiger partial charge in [0.05, 0.1) is 11.1 Å². The van der Waals surface area contributed by atoms with Crippen molar-refractivity contribution < 1.29 is 4.79 Å². The Morgan fingerprint density at radius 3 is 2.96 bits per heavy atom. The monoisotopic (exact) mass is 393 g/mol. The molecule has 5 nitrogen and oxygen atoms in total. The Morgan fingerprint density at radius 2 is 2.23 bits per heavy atom. The fourth-order valence-corrected chi connectivity index (χ4v) is 5.70. The zero-order valence-corrected chi connectivity index (χ0v) is 17.4. The number of unbranched alkanes of at least 4 members (excludes halogenated alkanes) is 1. The van der Waals surface area contributed by atoms with Gasteiger partial charge in [-0.3, -0.25) is 14.2 Å². The number of hydrogen-bond donors (Lipinski definition) is 1. The number of carbonyl (C=O) groups is 1. The first-order valence-electron chi connectivity index (χ1n) is 9.49. The first kappa shape index (κ1) is 19.4. The number of hydrogen-bond acceptors (Lipinski definition) is 5. The molecule has 1 amide bonds. The van der Waals surface area contributed by atoms with Crippen LogP contribution in [-0.2, 0) is 24.2 Å². The maximum Gasteiger partial charge on any atom is 0.263 e. The Kier molecular flexibility index (Phi) is 6.40. The van der Waals surface area contributed by atoms with E-state index in [2.05, 4.69) is 19.2 Å². The van der Waals surface area contributed by atoms with Crippen molar-refractivity contribution >= 4 is 39.2 Å². The minimum absolute atomic E-state index is 0.000234. The number of thiophene rings is 1. The molecule has 1 aliphatic rings. The minimum Gasteiger partial charge on any atom is -0.355 e. The highest BCUT2D eigenvalue weighted by molar-refractivity contribution is 7.99. The first-order valence-corrected chi connectivity index (χ1v) is 11.3. The quantitative estimate of drug-likeness (QED) is 0.443. The molecule has 2 heterocycles. The number of nitrogens with zero attached hydrogens (tertiary/aromatic N) is 2. The molecule has 1 aliphatic carbocycles. The van der Waals surface area contributed by atoms with Crippen LogP contribution in [0.15, 0.2) is 9.95 Å². The molecule has 7 heteroatoms. The molecule has 0 saturated heterocycles. The van der Waals surface area contributed by atoms with Crippen LogP contribution >= 0.6 is 23.1 Å². The predicted molar refractivity (Wildman–Crippen MR) is 109 cm³/mol. The van der Waals surface area contributed by atoms with Gasteiger partial charge >= 0.3 is 0 Å². The van der Waals surface area contributed by atoms with Gasteiger partial charge in [-0.05, 0) is 44.1 Å². The molecular weight excluding hydrogens is 366 g/mol. The second kappa shape index (κ2) is 8.57. The molecule has 142 valence electrons. The van der Waals surface area contributed by atoms with E-state index >= 15 is 0 Å². The number of amides is 1. The fourth-order valence-electron chi connectivity index (χ4n) is 3.38. The average Bonchev–Trinajstić information content (AvgIpc) is 2.97. The number of nitrogens with one attached hydrogen (secondary N) is 1. The standard InChI is InChI=1S/C19H27N3O2S2/c1-4-6-9-20-15(23)11-25-19-21-17-16(18(24)22(19)5-2)13-8-7-12(3)10-14(13)26-17/h12H,4-11H2,1-3H3,(H,20,23)/t12-/m1/s1. The van der Waals surface area contributed by atoms with Crippen molar-refractivity contribution in [3.63, 3.8) is 0 Å². The van der Waals surface area contributed by atoms with Gasteiger partial charge in [0.25, 0.3) is 5.56 Å². The number of aromatic nitrogens is 2. The molecule has 26 heavy (non-hydrogen) atoms. The lowest BCUT2D eigenvalue weighted by Crippen LogP contribution is -2.27. The highest BCUT2D eigenvalue weighted by atomic mass is 32.2. The van der Waals surface area contributed by atoms with Gasteiger partial charge < -0.3 is 5.32 Å². The summed E-state index contributed by atoms with van der Waals surface area (Å²) >= 11 is 3.02. The number of aryl methyl sites for hydroxylation is 1. The van der Waals surface area contributed by atoms with Crippen LogP contribution in [0.5, 0.6) is 0 Å². The highest BCUT2D eigenvalue weighted by Gasteiger charge is 2.24. The van der Waals surface area contributed by atoms with Crippen molar-refractivity contribution in [2.24, 2.45) is 5.92 Å². The molecule has 0 radical (unpaired) electrons. The van der Waals surface area contributed by atoms with Crippen LogP contribution in [0.4, 0.5) is 0 Å². The van der Waals surface area contributed by atoms with Crippen molar-refractivity contribution in [3.05, 3.63) is 20.8 Å². The highest BCUT2D eigenvalue weighted by Crippen LogP contribution is 2.36. The van der Waals surface area contributed by atoms with E-state index in [1.54, 1.807) is 15.9 Å². The third-order valence-electron chi connectivity index (χ3n) is 4.88. The molecular formula is C19H27N3O2S2. The summed E-state index contributed by atoms with van der Waals surface area (Å²) in [7, 11) is 0.